The van der Waals surface area contributed by atoms with Crippen molar-refractivity contribution in [1.29, 1.82) is 0 Å². The largest absolute Gasteiger partial charge is 0.367 e. The Morgan fingerprint density at radius 1 is 1.12 bits per heavy atom. The van der Waals surface area contributed by atoms with Crippen molar-refractivity contribution >= 4 is 41.5 Å². The number of hydrogen-bond acceptors (Lipinski definition) is 3. The highest BCUT2D eigenvalue weighted by Crippen LogP contribution is 2.24. The van der Waals surface area contributed by atoms with Gasteiger partial charge in [0.05, 0.1) is 12.2 Å². The molecule has 1 aliphatic rings. The molecule has 0 saturated carbocycles. The monoisotopic (exact) mass is 557 g/mol. The van der Waals surface area contributed by atoms with Gasteiger partial charge in [-0.25, -0.2) is 13.8 Å². The van der Waals surface area contributed by atoms with Crippen molar-refractivity contribution in [2.75, 3.05) is 31.1 Å². The van der Waals surface area contributed by atoms with Crippen molar-refractivity contribution < 1.29 is 13.6 Å². The lowest BCUT2D eigenvalue weighted by atomic mass is 10.1. The molecule has 1 heterocycles. The molecule has 0 spiro atoms. The summed E-state index contributed by atoms with van der Waals surface area (Å²) in [6.45, 7) is 6.85. The fourth-order valence-electron chi connectivity index (χ4n) is 3.59. The van der Waals surface area contributed by atoms with Crippen LogP contribution in [0.25, 0.3) is 0 Å². The molecule has 0 aromatic heterocycles. The highest BCUT2D eigenvalue weighted by molar-refractivity contribution is 14.0. The van der Waals surface area contributed by atoms with Gasteiger partial charge in [0, 0.05) is 43.9 Å². The fourth-order valence-corrected chi connectivity index (χ4v) is 3.59. The maximum Gasteiger partial charge on any atom is 0.251 e. The lowest BCUT2D eigenvalue weighted by Gasteiger charge is -2.21. The number of amides is 1. The van der Waals surface area contributed by atoms with Gasteiger partial charge >= 0.3 is 0 Å². The molecule has 3 rings (SSSR count). The molecular weight excluding hydrogens is 527 g/mol. The first-order valence-corrected chi connectivity index (χ1v) is 10.6. The van der Waals surface area contributed by atoms with E-state index in [0.717, 1.165) is 18.1 Å². The highest BCUT2D eigenvalue weighted by atomic mass is 127. The summed E-state index contributed by atoms with van der Waals surface area (Å²) >= 11 is 0. The van der Waals surface area contributed by atoms with Gasteiger partial charge < -0.3 is 20.9 Å². The predicted molar refractivity (Wildman–Crippen MR) is 135 cm³/mol. The normalized spacial score (nSPS) is 15.8. The van der Waals surface area contributed by atoms with Crippen LogP contribution >= 0.6 is 24.0 Å². The third kappa shape index (κ3) is 7.04. The second-order valence-corrected chi connectivity index (χ2v) is 7.43. The first-order chi connectivity index (χ1) is 15.0. The van der Waals surface area contributed by atoms with Gasteiger partial charge in [0.15, 0.2) is 5.96 Å². The number of benzene rings is 2. The summed E-state index contributed by atoms with van der Waals surface area (Å²) in [4.78, 5) is 18.6. The van der Waals surface area contributed by atoms with Crippen molar-refractivity contribution in [3.63, 3.8) is 0 Å². The van der Waals surface area contributed by atoms with Gasteiger partial charge in [-0.3, -0.25) is 4.79 Å². The van der Waals surface area contributed by atoms with Crippen LogP contribution in [0, 0.1) is 11.6 Å². The summed E-state index contributed by atoms with van der Waals surface area (Å²) in [5, 5.41) is 9.42. The quantitative estimate of drug-likeness (QED) is 0.276. The number of aliphatic imine (C=N–C) groups is 1. The number of rotatable bonds is 7. The van der Waals surface area contributed by atoms with E-state index in [9.17, 15) is 13.6 Å². The van der Waals surface area contributed by atoms with Crippen LogP contribution in [-0.4, -0.2) is 44.1 Å². The molecule has 1 atom stereocenters. The predicted octanol–water partition coefficient (Wildman–Crippen LogP) is 3.67. The van der Waals surface area contributed by atoms with Crippen LogP contribution in [0.2, 0.25) is 0 Å². The van der Waals surface area contributed by atoms with E-state index in [4.69, 9.17) is 0 Å². The molecule has 174 valence electrons. The summed E-state index contributed by atoms with van der Waals surface area (Å²) in [5.41, 5.74) is 1.96. The van der Waals surface area contributed by atoms with E-state index < -0.39 is 11.6 Å². The van der Waals surface area contributed by atoms with Crippen molar-refractivity contribution in [1.82, 2.24) is 16.0 Å². The SMILES string of the molecule is CCNC(=O)c1cccc(CN=C(NCC)NC2CCN(c3ccc(F)cc3F)C2)c1.I. The third-order valence-corrected chi connectivity index (χ3v) is 5.07. The summed E-state index contributed by atoms with van der Waals surface area (Å²) in [7, 11) is 0. The molecule has 32 heavy (non-hydrogen) atoms. The maximum atomic E-state index is 14.1. The van der Waals surface area contributed by atoms with Crippen LogP contribution in [0.15, 0.2) is 47.5 Å². The molecule has 0 radical (unpaired) electrons. The van der Waals surface area contributed by atoms with Crippen molar-refractivity contribution in [3.8, 4) is 0 Å². The van der Waals surface area contributed by atoms with Gasteiger partial charge in [-0.1, -0.05) is 12.1 Å². The van der Waals surface area contributed by atoms with E-state index in [2.05, 4.69) is 20.9 Å². The number of carbonyl (C=O) groups excluding carboxylic acids is 1. The Kier molecular flexibility index (Phi) is 10.1. The smallest absolute Gasteiger partial charge is 0.251 e. The molecular formula is C23H30F2IN5O. The van der Waals surface area contributed by atoms with Gasteiger partial charge in [0.2, 0.25) is 0 Å². The minimum atomic E-state index is -0.576. The average molecular weight is 557 g/mol. The summed E-state index contributed by atoms with van der Waals surface area (Å²) in [6.07, 6.45) is 0.813. The maximum absolute atomic E-state index is 14.1. The third-order valence-electron chi connectivity index (χ3n) is 5.07. The van der Waals surface area contributed by atoms with Gasteiger partial charge in [0.25, 0.3) is 5.91 Å². The molecule has 0 bridgehead atoms. The zero-order valence-electron chi connectivity index (χ0n) is 18.3. The van der Waals surface area contributed by atoms with Crippen LogP contribution in [0.4, 0.5) is 14.5 Å². The van der Waals surface area contributed by atoms with Gasteiger partial charge in [-0.05, 0) is 50.1 Å². The Hall–Kier alpha value is -2.43. The highest BCUT2D eigenvalue weighted by Gasteiger charge is 2.25. The number of guanidine groups is 1. The minimum absolute atomic E-state index is 0. The van der Waals surface area contributed by atoms with E-state index in [0.29, 0.717) is 49.9 Å². The van der Waals surface area contributed by atoms with Crippen molar-refractivity contribution in [2.45, 2.75) is 32.9 Å². The standard InChI is InChI=1S/C23H29F2N5O.HI/c1-3-26-22(31)17-7-5-6-16(12-17)14-28-23(27-4-2)29-19-10-11-30(15-19)21-9-8-18(24)13-20(21)25;/h5-9,12-13,19H,3-4,10-11,14-15H2,1-2H3,(H,26,31)(H2,27,28,29);1H. The average Bonchev–Trinajstić information content (AvgIpc) is 3.20. The summed E-state index contributed by atoms with van der Waals surface area (Å²) in [6, 6.07) is 11.2. The summed E-state index contributed by atoms with van der Waals surface area (Å²) in [5.74, 6) is -0.559. The van der Waals surface area contributed by atoms with E-state index in [1.165, 1.54) is 12.1 Å². The molecule has 2 aromatic rings. The second-order valence-electron chi connectivity index (χ2n) is 7.43. The molecule has 1 unspecified atom stereocenters. The van der Waals surface area contributed by atoms with Gasteiger partial charge in [0.1, 0.15) is 11.6 Å². The lowest BCUT2D eigenvalue weighted by molar-refractivity contribution is 0.0955. The number of hydrogen-bond donors (Lipinski definition) is 3. The first-order valence-electron chi connectivity index (χ1n) is 10.6. The topological polar surface area (TPSA) is 68.8 Å². The molecule has 1 amide bonds. The number of nitrogens with one attached hydrogen (secondary N) is 3. The lowest BCUT2D eigenvalue weighted by Crippen LogP contribution is -2.44. The molecule has 1 aliphatic heterocycles. The number of nitrogens with zero attached hydrogens (tertiary/aromatic N) is 2. The Labute approximate surface area is 204 Å². The minimum Gasteiger partial charge on any atom is -0.367 e. The van der Waals surface area contributed by atoms with Crippen LogP contribution in [0.5, 0.6) is 0 Å². The fraction of sp³-hybridized carbons (Fsp3) is 0.391. The molecule has 9 heteroatoms. The van der Waals surface area contributed by atoms with Crippen LogP contribution < -0.4 is 20.9 Å². The molecule has 6 nitrogen and oxygen atoms in total. The molecule has 1 fully saturated rings. The molecule has 0 aliphatic carbocycles. The first kappa shape index (κ1) is 25.8. The Morgan fingerprint density at radius 2 is 1.91 bits per heavy atom. The van der Waals surface area contributed by atoms with Crippen LogP contribution in [0.1, 0.15) is 36.2 Å². The van der Waals surface area contributed by atoms with E-state index >= 15 is 0 Å². The Morgan fingerprint density at radius 3 is 2.62 bits per heavy atom. The van der Waals surface area contributed by atoms with Gasteiger partial charge in [-0.15, -0.1) is 24.0 Å². The van der Waals surface area contributed by atoms with Crippen LogP contribution in [-0.2, 0) is 6.54 Å². The molecule has 2 aromatic carbocycles. The number of halogens is 3. The Balaban J connectivity index is 0.00000363. The number of carbonyl (C=O) groups is 1. The van der Waals surface area contributed by atoms with E-state index in [-0.39, 0.29) is 35.9 Å². The van der Waals surface area contributed by atoms with E-state index in [1.54, 1.807) is 6.07 Å². The second kappa shape index (κ2) is 12.6. The molecule has 3 N–H and O–H groups in total. The van der Waals surface area contributed by atoms with Crippen molar-refractivity contribution in [2.24, 2.45) is 4.99 Å². The summed E-state index contributed by atoms with van der Waals surface area (Å²) < 4.78 is 27.3. The van der Waals surface area contributed by atoms with Crippen LogP contribution in [0.3, 0.4) is 0 Å². The van der Waals surface area contributed by atoms with Gasteiger partial charge in [-0.2, -0.15) is 0 Å². The zero-order chi connectivity index (χ0) is 22.2. The van der Waals surface area contributed by atoms with Crippen molar-refractivity contribution in [3.05, 3.63) is 65.2 Å². The zero-order valence-corrected chi connectivity index (χ0v) is 20.7. The van der Waals surface area contributed by atoms with E-state index in [1.807, 2.05) is 36.9 Å². The molecule has 1 saturated heterocycles. The number of anilines is 1. The Bertz CT molecular complexity index is 940.